The fraction of sp³-hybridized carbons (Fsp3) is 0.400. The van der Waals surface area contributed by atoms with Crippen molar-refractivity contribution in [1.29, 1.82) is 0 Å². The average Bonchev–Trinajstić information content (AvgIpc) is 1.63. The zero-order valence-corrected chi connectivity index (χ0v) is 8.00. The summed E-state index contributed by atoms with van der Waals surface area (Å²) in [6.07, 6.45) is 0.994. The Morgan fingerprint density at radius 3 is 2.40 bits per heavy atom. The smallest absolute Gasteiger partial charge is 0.480 e. The molecule has 0 aliphatic heterocycles. The number of carbonyl (C=O) groups is 2. The van der Waals surface area contributed by atoms with Crippen molar-refractivity contribution in [2.24, 2.45) is 4.99 Å². The molecule has 0 spiro atoms. The van der Waals surface area contributed by atoms with Crippen molar-refractivity contribution >= 4 is 18.0 Å². The number of ketones is 1. The number of hydrogen-bond acceptors (Lipinski definition) is 3. The van der Waals surface area contributed by atoms with E-state index in [1.165, 1.54) is 6.92 Å². The van der Waals surface area contributed by atoms with Gasteiger partial charge >= 0.3 is 35.5 Å². The maximum absolute atomic E-state index is 10.1. The topological polar surface area (TPSA) is 66.7 Å². The maximum Gasteiger partial charge on any atom is 1.00 e. The number of carboxylic acid groups (broad SMARTS) is 1. The van der Waals surface area contributed by atoms with Crippen LogP contribution >= 0.6 is 0 Å². The molecule has 5 heteroatoms. The van der Waals surface area contributed by atoms with Gasteiger partial charge in [-0.3, -0.25) is 14.6 Å². The number of aliphatic imine (C=N–C) groups is 1. The molecule has 0 bridgehead atoms. The van der Waals surface area contributed by atoms with Crippen LogP contribution in [-0.4, -0.2) is 29.6 Å². The van der Waals surface area contributed by atoms with E-state index in [2.05, 4.69) is 4.99 Å². The third-order valence-corrected chi connectivity index (χ3v) is 0.500. The normalized spacial score (nSPS) is 8.90. The van der Waals surface area contributed by atoms with Gasteiger partial charge in [0.05, 0.1) is 6.21 Å². The summed E-state index contributed by atoms with van der Waals surface area (Å²) in [6, 6.07) is 0. The summed E-state index contributed by atoms with van der Waals surface area (Å²) in [7, 11) is 0. The van der Waals surface area contributed by atoms with Crippen LogP contribution in [0.15, 0.2) is 4.99 Å². The predicted molar refractivity (Wildman–Crippen MR) is 31.7 cm³/mol. The van der Waals surface area contributed by atoms with Crippen molar-refractivity contribution in [1.82, 2.24) is 0 Å². The monoisotopic (exact) mass is 152 g/mol. The second-order valence-electron chi connectivity index (χ2n) is 1.47. The van der Waals surface area contributed by atoms with Gasteiger partial charge in [-0.05, 0) is 0 Å². The number of carboxylic acids is 1. The Labute approximate surface area is 80.6 Å². The third kappa shape index (κ3) is 10.7. The van der Waals surface area contributed by atoms with Gasteiger partial charge in [0.25, 0.3) is 0 Å². The molecule has 0 amide bonds. The number of aliphatic carboxylic acids is 1. The van der Waals surface area contributed by atoms with Crippen molar-refractivity contribution in [3.8, 4) is 0 Å². The molecular formula is C5H7NNaO3+. The molecule has 4 nitrogen and oxygen atoms in total. The van der Waals surface area contributed by atoms with Gasteiger partial charge in [0.1, 0.15) is 6.54 Å². The van der Waals surface area contributed by atoms with Gasteiger partial charge in [0, 0.05) is 6.92 Å². The molecule has 0 aliphatic rings. The van der Waals surface area contributed by atoms with Gasteiger partial charge in [-0.25, -0.2) is 0 Å². The van der Waals surface area contributed by atoms with E-state index in [-0.39, 0.29) is 41.9 Å². The van der Waals surface area contributed by atoms with E-state index in [0.717, 1.165) is 6.21 Å². The van der Waals surface area contributed by atoms with E-state index in [1.54, 1.807) is 0 Å². The molecule has 1 N–H and O–H groups in total. The number of rotatable bonds is 3. The average molecular weight is 152 g/mol. The minimum Gasteiger partial charge on any atom is -0.480 e. The van der Waals surface area contributed by atoms with Crippen molar-refractivity contribution in [2.75, 3.05) is 6.54 Å². The Morgan fingerprint density at radius 2 is 2.10 bits per heavy atom. The van der Waals surface area contributed by atoms with Gasteiger partial charge in [-0.2, -0.15) is 0 Å². The quantitative estimate of drug-likeness (QED) is 0.341. The van der Waals surface area contributed by atoms with E-state index in [9.17, 15) is 9.59 Å². The zero-order valence-electron chi connectivity index (χ0n) is 6.00. The first-order valence-electron chi connectivity index (χ1n) is 2.35. The van der Waals surface area contributed by atoms with Crippen molar-refractivity contribution in [3.05, 3.63) is 0 Å². The van der Waals surface area contributed by atoms with Crippen LogP contribution in [0.3, 0.4) is 0 Å². The Balaban J connectivity index is 0. The molecule has 0 saturated carbocycles. The van der Waals surface area contributed by atoms with Crippen LogP contribution in [0.2, 0.25) is 0 Å². The van der Waals surface area contributed by atoms with Gasteiger partial charge in [0.2, 0.25) is 0 Å². The number of Topliss-reactive ketones (excluding diaryl/α,β-unsaturated/α-hetero) is 1. The maximum atomic E-state index is 10.1. The Hall–Kier alpha value is -0.190. The summed E-state index contributed by atoms with van der Waals surface area (Å²) >= 11 is 0. The largest absolute Gasteiger partial charge is 1.00 e. The minimum absolute atomic E-state index is 0. The van der Waals surface area contributed by atoms with Crippen LogP contribution in [0.4, 0.5) is 0 Å². The van der Waals surface area contributed by atoms with Crippen LogP contribution < -0.4 is 29.6 Å². The van der Waals surface area contributed by atoms with Crippen molar-refractivity contribution in [3.63, 3.8) is 0 Å². The molecule has 0 rings (SSSR count). The van der Waals surface area contributed by atoms with Crippen LogP contribution in [0.25, 0.3) is 0 Å². The first-order valence-corrected chi connectivity index (χ1v) is 2.35. The van der Waals surface area contributed by atoms with Crippen LogP contribution in [0.5, 0.6) is 0 Å². The second kappa shape index (κ2) is 6.92. The van der Waals surface area contributed by atoms with E-state index in [4.69, 9.17) is 5.11 Å². The minimum atomic E-state index is -1.03. The van der Waals surface area contributed by atoms with Crippen molar-refractivity contribution in [2.45, 2.75) is 6.92 Å². The summed E-state index contributed by atoms with van der Waals surface area (Å²) in [4.78, 5) is 23.1. The summed E-state index contributed by atoms with van der Waals surface area (Å²) < 4.78 is 0. The van der Waals surface area contributed by atoms with Gasteiger partial charge in [0.15, 0.2) is 5.78 Å². The SMILES string of the molecule is CC(=O)C=NCC(=O)O.[Na+]. The molecule has 0 aromatic rings. The summed E-state index contributed by atoms with van der Waals surface area (Å²) in [6.45, 7) is 0.977. The molecule has 0 aromatic carbocycles. The fourth-order valence-electron chi connectivity index (χ4n) is 0.252. The van der Waals surface area contributed by atoms with E-state index in [0.29, 0.717) is 0 Å². The third-order valence-electron chi connectivity index (χ3n) is 0.500. The molecule has 10 heavy (non-hydrogen) atoms. The first kappa shape index (κ1) is 12.5. The van der Waals surface area contributed by atoms with Gasteiger partial charge in [-0.1, -0.05) is 0 Å². The Bertz CT molecular complexity index is 155. The fourth-order valence-corrected chi connectivity index (χ4v) is 0.252. The standard InChI is InChI=1S/C5H7NO3.Na/c1-4(7)2-6-3-5(8)9;/h2H,3H2,1H3,(H,8,9);/q;+1. The van der Waals surface area contributed by atoms with Gasteiger partial charge in [-0.15, -0.1) is 0 Å². The van der Waals surface area contributed by atoms with Crippen LogP contribution in [-0.2, 0) is 9.59 Å². The molecule has 0 heterocycles. The molecule has 0 radical (unpaired) electrons. The van der Waals surface area contributed by atoms with Crippen LogP contribution in [0.1, 0.15) is 6.92 Å². The molecule has 0 atom stereocenters. The Kier molecular flexibility index (Phi) is 8.64. The molecule has 0 fully saturated rings. The first-order chi connectivity index (χ1) is 4.13. The number of nitrogens with zero attached hydrogens (tertiary/aromatic N) is 1. The predicted octanol–water partition coefficient (Wildman–Crippen LogP) is -3.27. The van der Waals surface area contributed by atoms with Gasteiger partial charge < -0.3 is 5.11 Å². The van der Waals surface area contributed by atoms with Crippen molar-refractivity contribution < 1.29 is 44.3 Å². The molecule has 0 aromatic heterocycles. The summed E-state index contributed by atoms with van der Waals surface area (Å²) in [5, 5.41) is 8.00. The second-order valence-corrected chi connectivity index (χ2v) is 1.47. The number of hydrogen-bond donors (Lipinski definition) is 1. The van der Waals surface area contributed by atoms with Crippen LogP contribution in [0, 0.1) is 0 Å². The molecule has 0 aliphatic carbocycles. The summed E-state index contributed by atoms with van der Waals surface area (Å²) in [5.74, 6) is -1.27. The number of carbonyl (C=O) groups excluding carboxylic acids is 1. The molecular weight excluding hydrogens is 145 g/mol. The molecule has 0 saturated heterocycles. The van der Waals surface area contributed by atoms with E-state index in [1.807, 2.05) is 0 Å². The molecule has 0 unspecified atom stereocenters. The summed E-state index contributed by atoms with van der Waals surface area (Å²) in [5.41, 5.74) is 0. The molecule has 50 valence electrons. The van der Waals surface area contributed by atoms with E-state index < -0.39 is 5.97 Å². The van der Waals surface area contributed by atoms with E-state index >= 15 is 0 Å². The zero-order chi connectivity index (χ0) is 7.28. The Morgan fingerprint density at radius 1 is 1.60 bits per heavy atom.